The van der Waals surface area contributed by atoms with E-state index in [0.29, 0.717) is 5.69 Å². The van der Waals surface area contributed by atoms with Crippen LogP contribution in [0.4, 0.5) is 5.95 Å². The van der Waals surface area contributed by atoms with E-state index in [1.54, 1.807) is 13.1 Å². The van der Waals surface area contributed by atoms with Gasteiger partial charge in [-0.2, -0.15) is 10.2 Å². The molecule has 3 rings (SSSR count). The van der Waals surface area contributed by atoms with Crippen LogP contribution in [-0.4, -0.2) is 31.2 Å². The molecular formula is C16H17N7O. The van der Waals surface area contributed by atoms with Gasteiger partial charge in [-0.25, -0.2) is 10.1 Å². The molecule has 0 atom stereocenters. The zero-order chi connectivity index (χ0) is 17.1. The minimum Gasteiger partial charge on any atom is -0.288 e. The van der Waals surface area contributed by atoms with Crippen LogP contribution in [0.5, 0.6) is 0 Å². The molecule has 0 amide bonds. The normalized spacial score (nSPS) is 11.1. The summed E-state index contributed by atoms with van der Waals surface area (Å²) in [6.45, 7) is 5.48. The molecule has 0 unspecified atom stereocenters. The van der Waals surface area contributed by atoms with Gasteiger partial charge in [-0.3, -0.25) is 9.78 Å². The van der Waals surface area contributed by atoms with Crippen LogP contribution in [0.15, 0.2) is 40.2 Å². The number of hydrazone groups is 1. The van der Waals surface area contributed by atoms with Crippen LogP contribution >= 0.6 is 0 Å². The van der Waals surface area contributed by atoms with E-state index in [1.807, 2.05) is 48.9 Å². The molecule has 0 bridgehead atoms. The fourth-order valence-corrected chi connectivity index (χ4v) is 2.26. The van der Waals surface area contributed by atoms with Gasteiger partial charge in [0.05, 0.1) is 23.3 Å². The van der Waals surface area contributed by atoms with Crippen molar-refractivity contribution in [3.05, 3.63) is 63.3 Å². The van der Waals surface area contributed by atoms with Crippen molar-refractivity contribution >= 4 is 12.2 Å². The van der Waals surface area contributed by atoms with Gasteiger partial charge in [0.25, 0.3) is 5.56 Å². The SMILES string of the molecule is Cc1nn(-c2ccccc2)c(C)c1/C=N\Nc1nnc(C)c(=O)[nH]1. The first-order chi connectivity index (χ1) is 11.6. The first-order valence-electron chi connectivity index (χ1n) is 7.40. The highest BCUT2D eigenvalue weighted by molar-refractivity contribution is 5.83. The number of para-hydroxylation sites is 1. The van der Waals surface area contributed by atoms with Crippen molar-refractivity contribution in [3.63, 3.8) is 0 Å². The quantitative estimate of drug-likeness (QED) is 0.562. The Morgan fingerprint density at radius 1 is 1.12 bits per heavy atom. The van der Waals surface area contributed by atoms with E-state index in [9.17, 15) is 4.79 Å². The van der Waals surface area contributed by atoms with Gasteiger partial charge in [0.2, 0.25) is 5.95 Å². The summed E-state index contributed by atoms with van der Waals surface area (Å²) < 4.78 is 1.87. The molecule has 0 saturated heterocycles. The second-order valence-corrected chi connectivity index (χ2v) is 5.29. The number of benzene rings is 1. The van der Waals surface area contributed by atoms with Crippen molar-refractivity contribution < 1.29 is 0 Å². The minimum atomic E-state index is -0.299. The second kappa shape index (κ2) is 6.45. The number of hydrogen-bond acceptors (Lipinski definition) is 6. The molecule has 0 aliphatic heterocycles. The van der Waals surface area contributed by atoms with E-state index in [0.717, 1.165) is 22.6 Å². The second-order valence-electron chi connectivity index (χ2n) is 5.29. The fraction of sp³-hybridized carbons (Fsp3) is 0.188. The Balaban J connectivity index is 1.84. The fourth-order valence-electron chi connectivity index (χ4n) is 2.26. The number of H-pyrrole nitrogens is 1. The highest BCUT2D eigenvalue weighted by Crippen LogP contribution is 2.16. The third-order valence-corrected chi connectivity index (χ3v) is 3.57. The molecule has 8 nitrogen and oxygen atoms in total. The molecule has 0 spiro atoms. The maximum atomic E-state index is 11.5. The highest BCUT2D eigenvalue weighted by Gasteiger charge is 2.10. The first-order valence-corrected chi connectivity index (χ1v) is 7.40. The summed E-state index contributed by atoms with van der Waals surface area (Å²) in [7, 11) is 0. The Hall–Kier alpha value is -3.29. The molecule has 0 aliphatic rings. The molecule has 122 valence electrons. The van der Waals surface area contributed by atoms with E-state index >= 15 is 0 Å². The van der Waals surface area contributed by atoms with Crippen molar-refractivity contribution in [2.24, 2.45) is 5.10 Å². The van der Waals surface area contributed by atoms with Gasteiger partial charge >= 0.3 is 0 Å². The van der Waals surface area contributed by atoms with Crippen molar-refractivity contribution in [1.29, 1.82) is 0 Å². The largest absolute Gasteiger partial charge is 0.288 e. The van der Waals surface area contributed by atoms with E-state index < -0.39 is 0 Å². The summed E-state index contributed by atoms with van der Waals surface area (Å²) in [5, 5.41) is 16.2. The molecule has 1 aromatic carbocycles. The van der Waals surface area contributed by atoms with Crippen LogP contribution in [0.3, 0.4) is 0 Å². The highest BCUT2D eigenvalue weighted by atomic mass is 16.1. The van der Waals surface area contributed by atoms with Gasteiger partial charge < -0.3 is 0 Å². The average Bonchev–Trinajstić information content (AvgIpc) is 2.87. The van der Waals surface area contributed by atoms with Crippen molar-refractivity contribution in [2.45, 2.75) is 20.8 Å². The summed E-state index contributed by atoms with van der Waals surface area (Å²) in [5.41, 5.74) is 6.37. The summed E-state index contributed by atoms with van der Waals surface area (Å²) in [6.07, 6.45) is 1.65. The standard InChI is InChI=1S/C16H17N7O/c1-10-14(9-17-20-16-18-15(24)11(2)19-21-16)12(3)23(22-10)13-7-5-4-6-8-13/h4-9H,1-3H3,(H2,18,20,21,24)/b17-9-. The lowest BCUT2D eigenvalue weighted by Crippen LogP contribution is -2.15. The van der Waals surface area contributed by atoms with Crippen molar-refractivity contribution in [1.82, 2.24) is 25.0 Å². The maximum Gasteiger partial charge on any atom is 0.274 e. The van der Waals surface area contributed by atoms with Gasteiger partial charge in [0.1, 0.15) is 5.69 Å². The number of aromatic amines is 1. The summed E-state index contributed by atoms with van der Waals surface area (Å²) in [5.74, 6) is 0.188. The lowest BCUT2D eigenvalue weighted by Gasteiger charge is -2.03. The average molecular weight is 323 g/mol. The third-order valence-electron chi connectivity index (χ3n) is 3.57. The van der Waals surface area contributed by atoms with E-state index in [-0.39, 0.29) is 11.5 Å². The van der Waals surface area contributed by atoms with Crippen LogP contribution in [0, 0.1) is 20.8 Å². The number of aryl methyl sites for hydroxylation is 2. The maximum absolute atomic E-state index is 11.5. The Morgan fingerprint density at radius 2 is 1.88 bits per heavy atom. The van der Waals surface area contributed by atoms with Gasteiger partial charge in [-0.1, -0.05) is 18.2 Å². The van der Waals surface area contributed by atoms with Crippen molar-refractivity contribution in [3.8, 4) is 5.69 Å². The van der Waals surface area contributed by atoms with E-state index in [2.05, 4.69) is 30.8 Å². The van der Waals surface area contributed by atoms with Crippen LogP contribution < -0.4 is 11.0 Å². The van der Waals surface area contributed by atoms with Crippen LogP contribution in [0.1, 0.15) is 22.6 Å². The number of nitrogens with zero attached hydrogens (tertiary/aromatic N) is 5. The Morgan fingerprint density at radius 3 is 2.58 bits per heavy atom. The topological polar surface area (TPSA) is 101 Å². The molecular weight excluding hydrogens is 306 g/mol. The predicted octanol–water partition coefficient (Wildman–Crippen LogP) is 1.72. The van der Waals surface area contributed by atoms with Gasteiger partial charge in [-0.05, 0) is 32.9 Å². The number of hydrogen-bond donors (Lipinski definition) is 2. The number of anilines is 1. The molecule has 3 aromatic rings. The summed E-state index contributed by atoms with van der Waals surface area (Å²) in [4.78, 5) is 14.0. The Labute approximate surface area is 138 Å². The number of aromatic nitrogens is 5. The molecule has 0 fully saturated rings. The third kappa shape index (κ3) is 3.07. The smallest absolute Gasteiger partial charge is 0.274 e. The summed E-state index contributed by atoms with van der Waals surface area (Å²) in [6, 6.07) is 9.88. The molecule has 2 heterocycles. The monoisotopic (exact) mass is 323 g/mol. The van der Waals surface area contributed by atoms with Gasteiger partial charge in [-0.15, -0.1) is 10.2 Å². The lowest BCUT2D eigenvalue weighted by atomic mass is 10.2. The molecule has 0 aliphatic carbocycles. The molecule has 0 saturated carbocycles. The van der Waals surface area contributed by atoms with E-state index in [1.165, 1.54) is 0 Å². The van der Waals surface area contributed by atoms with E-state index in [4.69, 9.17) is 0 Å². The molecule has 2 N–H and O–H groups in total. The molecule has 24 heavy (non-hydrogen) atoms. The molecule has 0 radical (unpaired) electrons. The summed E-state index contributed by atoms with van der Waals surface area (Å²) >= 11 is 0. The Kier molecular flexibility index (Phi) is 4.19. The zero-order valence-electron chi connectivity index (χ0n) is 13.6. The van der Waals surface area contributed by atoms with Crippen LogP contribution in [0.2, 0.25) is 0 Å². The molecule has 8 heteroatoms. The number of nitrogens with one attached hydrogen (secondary N) is 2. The predicted molar refractivity (Wildman–Crippen MR) is 91.6 cm³/mol. The van der Waals surface area contributed by atoms with Gasteiger partial charge in [0, 0.05) is 5.56 Å². The van der Waals surface area contributed by atoms with Crippen molar-refractivity contribution in [2.75, 3.05) is 5.43 Å². The minimum absolute atomic E-state index is 0.188. The van der Waals surface area contributed by atoms with Crippen LogP contribution in [-0.2, 0) is 0 Å². The lowest BCUT2D eigenvalue weighted by molar-refractivity contribution is 0.833. The Bertz CT molecular complexity index is 941. The zero-order valence-corrected chi connectivity index (χ0v) is 13.6. The van der Waals surface area contributed by atoms with Crippen LogP contribution in [0.25, 0.3) is 5.69 Å². The first kappa shape index (κ1) is 15.6. The van der Waals surface area contributed by atoms with Gasteiger partial charge in [0.15, 0.2) is 0 Å². The number of rotatable bonds is 4. The molecule has 2 aromatic heterocycles.